The summed E-state index contributed by atoms with van der Waals surface area (Å²) in [6.45, 7) is 2.35. The van der Waals surface area contributed by atoms with Crippen LogP contribution in [0.2, 0.25) is 0 Å². The molecule has 1 atom stereocenters. The van der Waals surface area contributed by atoms with Crippen LogP contribution in [0.5, 0.6) is 0 Å². The summed E-state index contributed by atoms with van der Waals surface area (Å²) in [5, 5.41) is 0. The highest BCUT2D eigenvalue weighted by atomic mass is 32.2. The van der Waals surface area contributed by atoms with Gasteiger partial charge in [-0.15, -0.1) is 0 Å². The van der Waals surface area contributed by atoms with Gasteiger partial charge in [0.25, 0.3) is 0 Å². The molecular weight excluding hydrogens is 306 g/mol. The highest BCUT2D eigenvalue weighted by Gasteiger charge is 2.48. The van der Waals surface area contributed by atoms with E-state index in [1.165, 1.54) is 6.26 Å². The minimum atomic E-state index is -3.23. The number of amides is 2. The summed E-state index contributed by atoms with van der Waals surface area (Å²) in [4.78, 5) is 15.5. The van der Waals surface area contributed by atoms with Gasteiger partial charge < -0.3 is 14.5 Å². The van der Waals surface area contributed by atoms with E-state index in [1.807, 2.05) is 4.90 Å². The number of urea groups is 1. The molecule has 0 aromatic carbocycles. The molecule has 0 N–H and O–H groups in total. The Morgan fingerprint density at radius 1 is 1.32 bits per heavy atom. The zero-order valence-corrected chi connectivity index (χ0v) is 14.7. The average molecular weight is 333 g/mol. The SMILES string of the molecule is COC[C@H]1CC2(CCN(C(=O)N(C)C)CC2)CN1S(C)(=O)=O. The average Bonchev–Trinajstić information content (AvgIpc) is 2.78. The van der Waals surface area contributed by atoms with Crippen molar-refractivity contribution >= 4 is 16.1 Å². The van der Waals surface area contributed by atoms with Gasteiger partial charge in [-0.2, -0.15) is 4.31 Å². The Morgan fingerprint density at radius 3 is 2.36 bits per heavy atom. The Kier molecular flexibility index (Phi) is 5.03. The van der Waals surface area contributed by atoms with Crippen LogP contribution < -0.4 is 0 Å². The molecule has 0 unspecified atom stereocenters. The monoisotopic (exact) mass is 333 g/mol. The number of rotatable bonds is 3. The molecule has 0 saturated carbocycles. The third-order valence-corrected chi connectivity index (χ3v) is 6.11. The van der Waals surface area contributed by atoms with Crippen LogP contribution in [0.3, 0.4) is 0 Å². The van der Waals surface area contributed by atoms with Crippen molar-refractivity contribution in [3.63, 3.8) is 0 Å². The van der Waals surface area contributed by atoms with Crippen LogP contribution in [0.1, 0.15) is 19.3 Å². The van der Waals surface area contributed by atoms with E-state index < -0.39 is 10.0 Å². The molecule has 1 spiro atoms. The Balaban J connectivity index is 2.06. The second kappa shape index (κ2) is 6.33. The summed E-state index contributed by atoms with van der Waals surface area (Å²) >= 11 is 0. The highest BCUT2D eigenvalue weighted by Crippen LogP contribution is 2.44. The second-order valence-corrected chi connectivity index (χ2v) is 8.72. The molecule has 2 aliphatic rings. The lowest BCUT2D eigenvalue weighted by atomic mass is 9.77. The first-order valence-electron chi connectivity index (χ1n) is 7.60. The first kappa shape index (κ1) is 17.5. The first-order valence-corrected chi connectivity index (χ1v) is 9.45. The summed E-state index contributed by atoms with van der Waals surface area (Å²) in [5.74, 6) is 0. The van der Waals surface area contributed by atoms with Gasteiger partial charge in [-0.05, 0) is 24.7 Å². The molecule has 0 radical (unpaired) electrons. The molecule has 22 heavy (non-hydrogen) atoms. The molecule has 2 heterocycles. The topological polar surface area (TPSA) is 70.2 Å². The van der Waals surface area contributed by atoms with Gasteiger partial charge in [-0.3, -0.25) is 0 Å². The van der Waals surface area contributed by atoms with E-state index in [9.17, 15) is 13.2 Å². The minimum absolute atomic E-state index is 0.0185. The predicted octanol–water partition coefficient (Wildman–Crippen LogP) is 0.431. The van der Waals surface area contributed by atoms with Crippen LogP contribution >= 0.6 is 0 Å². The molecule has 2 amide bonds. The largest absolute Gasteiger partial charge is 0.383 e. The number of methoxy groups -OCH3 is 1. The molecule has 128 valence electrons. The minimum Gasteiger partial charge on any atom is -0.383 e. The van der Waals surface area contributed by atoms with Gasteiger partial charge in [-0.1, -0.05) is 0 Å². The van der Waals surface area contributed by atoms with Crippen LogP contribution in [-0.2, 0) is 14.8 Å². The summed E-state index contributed by atoms with van der Waals surface area (Å²) < 4.78 is 30.8. The summed E-state index contributed by atoms with van der Waals surface area (Å²) in [5.41, 5.74) is -0.0185. The van der Waals surface area contributed by atoms with E-state index in [0.717, 1.165) is 19.3 Å². The molecule has 2 saturated heterocycles. The van der Waals surface area contributed by atoms with Gasteiger partial charge in [0, 0.05) is 46.9 Å². The van der Waals surface area contributed by atoms with Gasteiger partial charge in [0.1, 0.15) is 0 Å². The molecular formula is C14H27N3O4S. The van der Waals surface area contributed by atoms with Crippen LogP contribution in [-0.4, -0.2) is 88.3 Å². The van der Waals surface area contributed by atoms with Gasteiger partial charge in [0.15, 0.2) is 0 Å². The fraction of sp³-hybridized carbons (Fsp3) is 0.929. The van der Waals surface area contributed by atoms with E-state index in [4.69, 9.17) is 4.74 Å². The summed E-state index contributed by atoms with van der Waals surface area (Å²) in [6, 6.07) is -0.0580. The van der Waals surface area contributed by atoms with E-state index >= 15 is 0 Å². The third-order valence-electron chi connectivity index (χ3n) is 4.83. The van der Waals surface area contributed by atoms with E-state index in [2.05, 4.69) is 0 Å². The van der Waals surface area contributed by atoms with Crippen LogP contribution in [0.25, 0.3) is 0 Å². The molecule has 7 nitrogen and oxygen atoms in total. The first-order chi connectivity index (χ1) is 10.2. The number of nitrogens with zero attached hydrogens (tertiary/aromatic N) is 3. The number of likely N-dealkylation sites (tertiary alicyclic amines) is 1. The van der Waals surface area contributed by atoms with Crippen molar-refractivity contribution < 1.29 is 17.9 Å². The standard InChI is InChI=1S/C14H27N3O4S/c1-15(2)13(18)16-7-5-14(6-8-16)9-12(10-21-3)17(11-14)22(4,19)20/h12H,5-11H2,1-4H3/t12-/m1/s1. The Morgan fingerprint density at radius 2 is 1.91 bits per heavy atom. The normalized spacial score (nSPS) is 25.6. The quantitative estimate of drug-likeness (QED) is 0.751. The van der Waals surface area contributed by atoms with Crippen LogP contribution in [0.15, 0.2) is 0 Å². The molecule has 2 aliphatic heterocycles. The van der Waals surface area contributed by atoms with Gasteiger partial charge in [0.2, 0.25) is 10.0 Å². The summed E-state index contributed by atoms with van der Waals surface area (Å²) in [6.07, 6.45) is 3.77. The Bertz CT molecular complexity index is 512. The zero-order valence-electron chi connectivity index (χ0n) is 13.9. The van der Waals surface area contributed by atoms with Gasteiger partial charge >= 0.3 is 6.03 Å². The number of carbonyl (C=O) groups is 1. The lowest BCUT2D eigenvalue weighted by molar-refractivity contribution is 0.108. The fourth-order valence-electron chi connectivity index (χ4n) is 3.67. The molecule has 2 fully saturated rings. The summed E-state index contributed by atoms with van der Waals surface area (Å²) in [7, 11) is 1.88. The maximum atomic E-state index is 12.0. The smallest absolute Gasteiger partial charge is 0.319 e. The number of ether oxygens (including phenoxy) is 1. The van der Waals surface area contributed by atoms with Gasteiger partial charge in [-0.25, -0.2) is 13.2 Å². The Labute approximate surface area is 133 Å². The van der Waals surface area contributed by atoms with Gasteiger partial charge in [0.05, 0.1) is 12.9 Å². The maximum absolute atomic E-state index is 12.0. The van der Waals surface area contributed by atoms with Crippen molar-refractivity contribution in [2.75, 3.05) is 53.7 Å². The van der Waals surface area contributed by atoms with E-state index in [1.54, 1.807) is 30.4 Å². The van der Waals surface area contributed by atoms with Crippen molar-refractivity contribution in [3.05, 3.63) is 0 Å². The molecule has 0 aliphatic carbocycles. The lowest BCUT2D eigenvalue weighted by Gasteiger charge is -2.40. The van der Waals surface area contributed by atoms with Crippen molar-refractivity contribution in [1.82, 2.24) is 14.1 Å². The molecule has 0 bridgehead atoms. The van der Waals surface area contributed by atoms with Crippen molar-refractivity contribution in [2.45, 2.75) is 25.3 Å². The van der Waals surface area contributed by atoms with Crippen molar-refractivity contribution in [3.8, 4) is 0 Å². The van der Waals surface area contributed by atoms with Crippen molar-refractivity contribution in [2.24, 2.45) is 5.41 Å². The van der Waals surface area contributed by atoms with Crippen molar-refractivity contribution in [1.29, 1.82) is 0 Å². The number of hydrogen-bond acceptors (Lipinski definition) is 4. The molecule has 0 aromatic heterocycles. The second-order valence-electron chi connectivity index (χ2n) is 6.79. The fourth-order valence-corrected chi connectivity index (χ4v) is 4.85. The van der Waals surface area contributed by atoms with Crippen LogP contribution in [0.4, 0.5) is 4.79 Å². The maximum Gasteiger partial charge on any atom is 0.319 e. The Hall–Kier alpha value is -0.860. The van der Waals surface area contributed by atoms with E-state index in [0.29, 0.717) is 26.2 Å². The number of sulfonamides is 1. The van der Waals surface area contributed by atoms with Crippen LogP contribution in [0, 0.1) is 5.41 Å². The molecule has 2 rings (SSSR count). The highest BCUT2D eigenvalue weighted by molar-refractivity contribution is 7.88. The number of carbonyl (C=O) groups excluding carboxylic acids is 1. The molecule has 0 aromatic rings. The van der Waals surface area contributed by atoms with E-state index in [-0.39, 0.29) is 17.5 Å². The lowest BCUT2D eigenvalue weighted by Crippen LogP contribution is -2.47. The molecule has 8 heteroatoms. The third kappa shape index (κ3) is 3.55. The number of piperidine rings is 1. The predicted molar refractivity (Wildman–Crippen MR) is 84.2 cm³/mol. The zero-order chi connectivity index (χ0) is 16.5. The number of hydrogen-bond donors (Lipinski definition) is 0.